The smallest absolute Gasteiger partial charge is 0.203 e. The zero-order chi connectivity index (χ0) is 11.7. The third-order valence-corrected chi connectivity index (χ3v) is 4.01. The van der Waals surface area contributed by atoms with Gasteiger partial charge < -0.3 is 0 Å². The molecule has 1 aromatic heterocycles. The highest BCUT2D eigenvalue weighted by Gasteiger charge is 2.15. The van der Waals surface area contributed by atoms with Crippen molar-refractivity contribution in [3.05, 3.63) is 56.2 Å². The molecule has 0 radical (unpaired) electrons. The Balaban J connectivity index is 2.50. The minimum Gasteiger partial charge on any atom is -0.288 e. The van der Waals surface area contributed by atoms with Crippen molar-refractivity contribution in [2.45, 2.75) is 13.8 Å². The molecule has 0 aliphatic rings. The molecule has 0 bridgehead atoms. The number of benzene rings is 1. The van der Waals surface area contributed by atoms with Crippen LogP contribution >= 0.6 is 22.9 Å². The third kappa shape index (κ3) is 1.91. The zero-order valence-corrected chi connectivity index (χ0v) is 10.7. The zero-order valence-electron chi connectivity index (χ0n) is 9.08. The van der Waals surface area contributed by atoms with E-state index in [1.807, 2.05) is 37.4 Å². The van der Waals surface area contributed by atoms with Gasteiger partial charge in [0, 0.05) is 10.6 Å². The first-order chi connectivity index (χ1) is 7.61. The number of aryl methyl sites for hydroxylation is 1. The molecule has 0 atom stereocenters. The van der Waals surface area contributed by atoms with E-state index in [1.165, 1.54) is 11.3 Å². The molecule has 0 aliphatic carbocycles. The first-order valence-corrected chi connectivity index (χ1v) is 6.21. The standard InChI is InChI=1S/C13H11ClOS/c1-8-6-7-16-13(8)12(15)10-4-3-5-11(14)9(10)2/h3-7H,1-2H3. The van der Waals surface area contributed by atoms with Gasteiger partial charge in [0.1, 0.15) is 0 Å². The Morgan fingerprint density at radius 1 is 1.25 bits per heavy atom. The number of thiophene rings is 1. The topological polar surface area (TPSA) is 17.1 Å². The van der Waals surface area contributed by atoms with Gasteiger partial charge >= 0.3 is 0 Å². The van der Waals surface area contributed by atoms with Crippen LogP contribution in [0.4, 0.5) is 0 Å². The number of carbonyl (C=O) groups is 1. The van der Waals surface area contributed by atoms with E-state index in [0.29, 0.717) is 10.6 Å². The number of carbonyl (C=O) groups excluding carboxylic acids is 1. The molecule has 0 N–H and O–H groups in total. The molecule has 2 aromatic rings. The fourth-order valence-corrected chi connectivity index (χ4v) is 2.63. The molecule has 0 aliphatic heterocycles. The largest absolute Gasteiger partial charge is 0.288 e. The average molecular weight is 251 g/mol. The maximum absolute atomic E-state index is 12.3. The highest BCUT2D eigenvalue weighted by atomic mass is 35.5. The van der Waals surface area contributed by atoms with Crippen molar-refractivity contribution in [1.82, 2.24) is 0 Å². The Bertz CT molecular complexity index is 543. The summed E-state index contributed by atoms with van der Waals surface area (Å²) in [6, 6.07) is 7.39. The van der Waals surface area contributed by atoms with Crippen molar-refractivity contribution in [2.24, 2.45) is 0 Å². The summed E-state index contributed by atoms with van der Waals surface area (Å²) >= 11 is 7.48. The quantitative estimate of drug-likeness (QED) is 0.729. The van der Waals surface area contributed by atoms with Gasteiger partial charge in [0.15, 0.2) is 0 Å². The molecule has 0 amide bonds. The summed E-state index contributed by atoms with van der Waals surface area (Å²) in [6.45, 7) is 3.82. The first kappa shape index (κ1) is 11.4. The highest BCUT2D eigenvalue weighted by Crippen LogP contribution is 2.25. The van der Waals surface area contributed by atoms with Crippen molar-refractivity contribution < 1.29 is 4.79 Å². The summed E-state index contributed by atoms with van der Waals surface area (Å²) in [5.41, 5.74) is 2.56. The van der Waals surface area contributed by atoms with Crippen LogP contribution < -0.4 is 0 Å². The molecule has 3 heteroatoms. The Morgan fingerprint density at radius 3 is 2.62 bits per heavy atom. The minimum absolute atomic E-state index is 0.0625. The second-order valence-corrected chi connectivity index (χ2v) is 5.00. The lowest BCUT2D eigenvalue weighted by atomic mass is 10.0. The molecule has 0 spiro atoms. The fourth-order valence-electron chi connectivity index (χ4n) is 1.58. The Kier molecular flexibility index (Phi) is 3.13. The lowest BCUT2D eigenvalue weighted by molar-refractivity contribution is 0.104. The van der Waals surface area contributed by atoms with Crippen LogP contribution in [0.2, 0.25) is 5.02 Å². The molecule has 16 heavy (non-hydrogen) atoms. The van der Waals surface area contributed by atoms with Gasteiger partial charge in [-0.3, -0.25) is 4.79 Å². The number of halogens is 1. The average Bonchev–Trinajstić information content (AvgIpc) is 2.68. The van der Waals surface area contributed by atoms with E-state index in [9.17, 15) is 4.79 Å². The summed E-state index contributed by atoms with van der Waals surface area (Å²) in [5, 5.41) is 2.57. The van der Waals surface area contributed by atoms with Crippen LogP contribution in [0.1, 0.15) is 26.4 Å². The van der Waals surface area contributed by atoms with Gasteiger partial charge in [-0.05, 0) is 42.5 Å². The van der Waals surface area contributed by atoms with Crippen LogP contribution in [0.5, 0.6) is 0 Å². The summed E-state index contributed by atoms with van der Waals surface area (Å²) in [6.07, 6.45) is 0. The number of hydrogen-bond acceptors (Lipinski definition) is 2. The van der Waals surface area contributed by atoms with Crippen molar-refractivity contribution in [2.75, 3.05) is 0 Å². The van der Waals surface area contributed by atoms with Crippen LogP contribution in [0.25, 0.3) is 0 Å². The summed E-state index contributed by atoms with van der Waals surface area (Å²) in [4.78, 5) is 13.0. The Labute approximate surface area is 104 Å². The van der Waals surface area contributed by atoms with Crippen LogP contribution in [0, 0.1) is 13.8 Å². The van der Waals surface area contributed by atoms with E-state index in [-0.39, 0.29) is 5.78 Å². The molecule has 2 rings (SSSR count). The predicted molar refractivity (Wildman–Crippen MR) is 68.7 cm³/mol. The molecule has 1 heterocycles. The van der Waals surface area contributed by atoms with E-state index in [2.05, 4.69) is 0 Å². The van der Waals surface area contributed by atoms with Gasteiger partial charge in [0.2, 0.25) is 5.78 Å². The van der Waals surface area contributed by atoms with Crippen LogP contribution in [-0.2, 0) is 0 Å². The maximum atomic E-state index is 12.3. The van der Waals surface area contributed by atoms with Crippen LogP contribution in [-0.4, -0.2) is 5.78 Å². The van der Waals surface area contributed by atoms with Crippen LogP contribution in [0.15, 0.2) is 29.6 Å². The third-order valence-electron chi connectivity index (χ3n) is 2.58. The summed E-state index contributed by atoms with van der Waals surface area (Å²) in [5.74, 6) is 0.0625. The van der Waals surface area contributed by atoms with Gasteiger partial charge in [-0.1, -0.05) is 23.7 Å². The van der Waals surface area contributed by atoms with E-state index in [4.69, 9.17) is 11.6 Å². The Morgan fingerprint density at radius 2 is 2.00 bits per heavy atom. The molecule has 0 saturated carbocycles. The minimum atomic E-state index is 0.0625. The van der Waals surface area contributed by atoms with Gasteiger partial charge in [-0.2, -0.15) is 0 Å². The normalized spacial score (nSPS) is 10.4. The molecule has 1 nitrogen and oxygen atoms in total. The molecular formula is C13H11ClOS. The first-order valence-electron chi connectivity index (χ1n) is 4.95. The van der Waals surface area contributed by atoms with Gasteiger partial charge in [-0.15, -0.1) is 11.3 Å². The number of rotatable bonds is 2. The van der Waals surface area contributed by atoms with E-state index in [0.717, 1.165) is 16.0 Å². The SMILES string of the molecule is Cc1ccsc1C(=O)c1cccc(Cl)c1C. The van der Waals surface area contributed by atoms with E-state index in [1.54, 1.807) is 6.07 Å². The predicted octanol–water partition coefficient (Wildman–Crippen LogP) is 4.25. The van der Waals surface area contributed by atoms with Gasteiger partial charge in [0.05, 0.1) is 4.88 Å². The molecule has 0 fully saturated rings. The molecule has 82 valence electrons. The second kappa shape index (κ2) is 4.40. The second-order valence-electron chi connectivity index (χ2n) is 3.67. The monoisotopic (exact) mass is 250 g/mol. The lowest BCUT2D eigenvalue weighted by Crippen LogP contribution is -2.03. The molecule has 0 saturated heterocycles. The van der Waals surface area contributed by atoms with Crippen molar-refractivity contribution in [3.63, 3.8) is 0 Å². The molecule has 1 aromatic carbocycles. The highest BCUT2D eigenvalue weighted by molar-refractivity contribution is 7.12. The lowest BCUT2D eigenvalue weighted by Gasteiger charge is -2.05. The van der Waals surface area contributed by atoms with Crippen molar-refractivity contribution in [3.8, 4) is 0 Å². The van der Waals surface area contributed by atoms with Crippen LogP contribution in [0.3, 0.4) is 0 Å². The maximum Gasteiger partial charge on any atom is 0.203 e. The van der Waals surface area contributed by atoms with Gasteiger partial charge in [0.25, 0.3) is 0 Å². The van der Waals surface area contributed by atoms with Crippen molar-refractivity contribution in [1.29, 1.82) is 0 Å². The Hall–Kier alpha value is -1.12. The molecular weight excluding hydrogens is 240 g/mol. The summed E-state index contributed by atoms with van der Waals surface area (Å²) < 4.78 is 0. The van der Waals surface area contributed by atoms with E-state index < -0.39 is 0 Å². The number of ketones is 1. The van der Waals surface area contributed by atoms with Gasteiger partial charge in [-0.25, -0.2) is 0 Å². The number of hydrogen-bond donors (Lipinski definition) is 0. The van der Waals surface area contributed by atoms with Crippen molar-refractivity contribution >= 4 is 28.7 Å². The molecule has 0 unspecified atom stereocenters. The van der Waals surface area contributed by atoms with E-state index >= 15 is 0 Å². The fraction of sp³-hybridized carbons (Fsp3) is 0.154. The summed E-state index contributed by atoms with van der Waals surface area (Å²) in [7, 11) is 0.